The van der Waals surface area contributed by atoms with E-state index in [2.05, 4.69) is 121 Å². The zero-order valence-electron chi connectivity index (χ0n) is 23.0. The Morgan fingerprint density at radius 1 is 0.634 bits per heavy atom. The van der Waals surface area contributed by atoms with E-state index >= 15 is 0 Å². The third-order valence-electron chi connectivity index (χ3n) is 7.03. The number of thiophene rings is 1. The van der Waals surface area contributed by atoms with Gasteiger partial charge in [0, 0.05) is 37.2 Å². The fraction of sp³-hybridized carbons (Fsp3) is 0.0833. The van der Waals surface area contributed by atoms with Gasteiger partial charge < -0.3 is 15.0 Å². The Morgan fingerprint density at radius 2 is 1.39 bits per heavy atom. The van der Waals surface area contributed by atoms with Crippen molar-refractivity contribution in [3.63, 3.8) is 0 Å². The number of aryl methyl sites for hydroxylation is 3. The molecular weight excluding hydrogens is 699 g/mol. The van der Waals surface area contributed by atoms with E-state index in [1.54, 1.807) is 23.7 Å². The van der Waals surface area contributed by atoms with Gasteiger partial charge in [0.05, 0.1) is 4.70 Å². The molecule has 1 radical (unpaired) electrons. The van der Waals surface area contributed by atoms with Crippen molar-refractivity contribution in [3.8, 4) is 33.6 Å². The van der Waals surface area contributed by atoms with Crippen molar-refractivity contribution in [1.82, 2.24) is 15.0 Å². The summed E-state index contributed by atoms with van der Waals surface area (Å²) in [6.07, 6.45) is 7.39. The maximum Gasteiger partial charge on any atom is 0.0521 e. The Balaban J connectivity index is 0.000000161. The monoisotopic (exact) mass is 726 g/mol. The zero-order chi connectivity index (χ0) is 27.5. The third-order valence-corrected chi connectivity index (χ3v) is 8.16. The minimum Gasteiger partial charge on any atom is -0.360 e. The summed E-state index contributed by atoms with van der Waals surface area (Å²) < 4.78 is 2.51. The molecule has 0 saturated heterocycles. The van der Waals surface area contributed by atoms with Gasteiger partial charge in [0.1, 0.15) is 0 Å². The fourth-order valence-electron chi connectivity index (χ4n) is 4.66. The number of rotatable bonds is 3. The van der Waals surface area contributed by atoms with Gasteiger partial charge in [-0.05, 0) is 53.2 Å². The molecule has 0 amide bonds. The van der Waals surface area contributed by atoms with E-state index in [4.69, 9.17) is 0 Å². The van der Waals surface area contributed by atoms with E-state index in [1.165, 1.54) is 48.0 Å². The Kier molecular flexibility index (Phi) is 8.80. The van der Waals surface area contributed by atoms with Crippen molar-refractivity contribution >= 4 is 31.5 Å². The van der Waals surface area contributed by atoms with Crippen LogP contribution in [-0.2, 0) is 20.1 Å². The van der Waals surface area contributed by atoms with Gasteiger partial charge in [-0.3, -0.25) is 0 Å². The Bertz CT molecular complexity index is 1930. The topological polar surface area (TPSA) is 38.7 Å². The Hall–Kier alpha value is -4.02. The number of fused-ring (bicyclic) bond motifs is 3. The molecule has 7 rings (SSSR count). The second-order valence-corrected chi connectivity index (χ2v) is 10.9. The van der Waals surface area contributed by atoms with Crippen LogP contribution in [0.25, 0.3) is 53.8 Å². The van der Waals surface area contributed by atoms with Gasteiger partial charge in [-0.25, -0.2) is 0 Å². The van der Waals surface area contributed by atoms with Gasteiger partial charge in [0.2, 0.25) is 0 Å². The molecule has 7 aromatic rings. The van der Waals surface area contributed by atoms with Crippen molar-refractivity contribution < 1.29 is 20.1 Å². The summed E-state index contributed by atoms with van der Waals surface area (Å²) in [5.41, 5.74) is 10.1. The van der Waals surface area contributed by atoms with Gasteiger partial charge in [-0.15, -0.1) is 58.4 Å². The molecule has 0 bridgehead atoms. The summed E-state index contributed by atoms with van der Waals surface area (Å²) in [5, 5.41) is 2.54. The van der Waals surface area contributed by atoms with E-state index in [0.29, 0.717) is 0 Å². The number of nitrogens with zero attached hydrogens (tertiary/aromatic N) is 3. The molecule has 0 saturated carbocycles. The molecule has 5 heteroatoms. The van der Waals surface area contributed by atoms with E-state index in [9.17, 15) is 0 Å². The van der Waals surface area contributed by atoms with Gasteiger partial charge in [-0.2, -0.15) is 0 Å². The van der Waals surface area contributed by atoms with Gasteiger partial charge in [-0.1, -0.05) is 91.1 Å². The molecule has 203 valence electrons. The summed E-state index contributed by atoms with van der Waals surface area (Å²) in [5.74, 6) is 0. The van der Waals surface area contributed by atoms with Crippen molar-refractivity contribution in [2.75, 3.05) is 0 Å². The van der Waals surface area contributed by atoms with Crippen molar-refractivity contribution in [2.45, 2.75) is 20.8 Å². The van der Waals surface area contributed by atoms with Crippen LogP contribution in [0.4, 0.5) is 0 Å². The summed E-state index contributed by atoms with van der Waals surface area (Å²) in [7, 11) is 0. The van der Waals surface area contributed by atoms with Gasteiger partial charge in [0.25, 0.3) is 0 Å². The molecule has 0 atom stereocenters. The predicted octanol–water partition coefficient (Wildman–Crippen LogP) is 9.45. The van der Waals surface area contributed by atoms with Crippen molar-refractivity contribution in [1.29, 1.82) is 0 Å². The van der Waals surface area contributed by atoms with E-state index in [0.717, 1.165) is 22.5 Å². The maximum atomic E-state index is 4.54. The minimum atomic E-state index is 0. The molecule has 4 heterocycles. The quantitative estimate of drug-likeness (QED) is 0.171. The number of hydrogen-bond acceptors (Lipinski definition) is 4. The summed E-state index contributed by atoms with van der Waals surface area (Å²) in [6.45, 7) is 6.32. The maximum absolute atomic E-state index is 4.54. The second kappa shape index (κ2) is 12.7. The van der Waals surface area contributed by atoms with Crippen LogP contribution in [0.5, 0.6) is 0 Å². The molecule has 3 aromatic carbocycles. The second-order valence-electron chi connectivity index (χ2n) is 9.78. The van der Waals surface area contributed by atoms with Crippen molar-refractivity contribution in [3.05, 3.63) is 139 Å². The molecule has 4 aromatic heterocycles. The largest absolute Gasteiger partial charge is 0.360 e. The van der Waals surface area contributed by atoms with Crippen LogP contribution in [0.3, 0.4) is 0 Å². The van der Waals surface area contributed by atoms with Crippen LogP contribution in [0.2, 0.25) is 0 Å². The van der Waals surface area contributed by atoms with Crippen LogP contribution in [0, 0.1) is 32.9 Å². The first-order valence-electron chi connectivity index (χ1n) is 13.2. The molecule has 3 nitrogen and oxygen atoms in total. The normalized spacial score (nSPS) is 10.6. The molecule has 0 fully saturated rings. The molecule has 0 aliphatic rings. The molecule has 0 N–H and O–H groups in total. The smallest absolute Gasteiger partial charge is 0.0521 e. The zero-order valence-corrected chi connectivity index (χ0v) is 26.2. The van der Waals surface area contributed by atoms with E-state index < -0.39 is 0 Å². The van der Waals surface area contributed by atoms with Crippen LogP contribution < -0.4 is 0 Å². The van der Waals surface area contributed by atoms with Crippen LogP contribution in [-0.4, -0.2) is 15.0 Å². The molecule has 41 heavy (non-hydrogen) atoms. The summed E-state index contributed by atoms with van der Waals surface area (Å²) in [4.78, 5) is 13.2. The first-order chi connectivity index (χ1) is 19.6. The SMILES string of the molecule is Cc1cnc(-c2[c-]cc(C)c(-c3ccccc3)c2)cc1C.[Ir].[c-]1ccncc1-c1cc2c(cn1)sc1ccccc12. The Labute approximate surface area is 258 Å². The average Bonchev–Trinajstić information content (AvgIpc) is 3.38. The summed E-state index contributed by atoms with van der Waals surface area (Å²) in [6, 6.07) is 35.7. The summed E-state index contributed by atoms with van der Waals surface area (Å²) >= 11 is 1.78. The van der Waals surface area contributed by atoms with Crippen LogP contribution in [0.1, 0.15) is 16.7 Å². The first kappa shape index (κ1) is 28.5. The van der Waals surface area contributed by atoms with E-state index in [1.807, 2.05) is 24.5 Å². The predicted molar refractivity (Wildman–Crippen MR) is 167 cm³/mol. The molecule has 0 spiro atoms. The number of benzene rings is 3. The van der Waals surface area contributed by atoms with Crippen molar-refractivity contribution in [2.24, 2.45) is 0 Å². The Morgan fingerprint density at radius 3 is 2.17 bits per heavy atom. The molecular formula is C36H27IrN3S-2. The van der Waals surface area contributed by atoms with E-state index in [-0.39, 0.29) is 20.1 Å². The molecule has 0 aliphatic carbocycles. The number of aromatic nitrogens is 3. The van der Waals surface area contributed by atoms with Crippen LogP contribution in [0.15, 0.2) is 110 Å². The molecule has 0 aliphatic heterocycles. The standard InChI is InChI=1S/C20H18N.C16H9N2S.Ir/c1-14-9-10-18(20-11-15(2)16(3)13-21-20)12-19(14)17-7-5-4-6-8-17;1-2-6-15-12(5-1)13-8-14(18-10-16(13)19-15)11-4-3-7-17-9-11;/h4-9,11-13H,1-3H3;1-3,5-10H;/q2*-1;. The van der Waals surface area contributed by atoms with Gasteiger partial charge >= 0.3 is 0 Å². The molecule has 0 unspecified atom stereocenters. The van der Waals surface area contributed by atoms with Gasteiger partial charge in [0.15, 0.2) is 0 Å². The van der Waals surface area contributed by atoms with Crippen LogP contribution >= 0.6 is 11.3 Å². The number of hydrogen-bond donors (Lipinski definition) is 0. The number of pyridine rings is 3. The minimum absolute atomic E-state index is 0. The average molecular weight is 726 g/mol. The third kappa shape index (κ3) is 6.18. The fourth-order valence-corrected chi connectivity index (χ4v) is 5.71. The first-order valence-corrected chi connectivity index (χ1v) is 14.0.